The zero-order valence-electron chi connectivity index (χ0n) is 14.5. The fraction of sp³-hybridized carbons (Fsp3) is 0.412. The molecule has 8 heteroatoms. The molecule has 1 aromatic carbocycles. The van der Waals surface area contributed by atoms with Crippen LogP contribution in [0, 0.1) is 5.92 Å². The number of thiocarbonyl (C=S) groups is 1. The topological polar surface area (TPSA) is 76.1 Å². The van der Waals surface area contributed by atoms with Crippen molar-refractivity contribution in [3.63, 3.8) is 0 Å². The lowest BCUT2D eigenvalue weighted by atomic mass is 10.1. The highest BCUT2D eigenvalue weighted by molar-refractivity contribution is 7.80. The fourth-order valence-corrected chi connectivity index (χ4v) is 2.87. The van der Waals surface area contributed by atoms with Gasteiger partial charge in [0.05, 0.1) is 12.2 Å². The van der Waals surface area contributed by atoms with Crippen LogP contribution in [0.15, 0.2) is 24.3 Å². The number of nitrogens with one attached hydrogen (secondary N) is 2. The van der Waals surface area contributed by atoms with Crippen LogP contribution in [-0.2, 0) is 6.42 Å². The average molecular weight is 379 g/mol. The maximum absolute atomic E-state index is 12.5. The Bertz CT molecular complexity index is 731. The summed E-state index contributed by atoms with van der Waals surface area (Å²) in [7, 11) is 0. The smallest absolute Gasteiger partial charge is 0.261 e. The van der Waals surface area contributed by atoms with E-state index < -0.39 is 0 Å². The predicted molar refractivity (Wildman–Crippen MR) is 104 cm³/mol. The number of hydrogen-bond acceptors (Lipinski definition) is 6. The van der Waals surface area contributed by atoms with Gasteiger partial charge in [0.25, 0.3) is 5.91 Å². The van der Waals surface area contributed by atoms with Gasteiger partial charge in [-0.05, 0) is 43.1 Å². The number of carbonyl (C=O) groups is 1. The lowest BCUT2D eigenvalue weighted by Gasteiger charge is -2.13. The summed E-state index contributed by atoms with van der Waals surface area (Å²) in [6.07, 6.45) is 1.73. The summed E-state index contributed by atoms with van der Waals surface area (Å²) in [6.45, 7) is 6.82. The van der Waals surface area contributed by atoms with Gasteiger partial charge in [-0.1, -0.05) is 44.2 Å². The summed E-state index contributed by atoms with van der Waals surface area (Å²) in [5, 5.41) is 15.1. The Morgan fingerprint density at radius 3 is 2.76 bits per heavy atom. The number of para-hydroxylation sites is 1. The van der Waals surface area contributed by atoms with Crippen LogP contribution in [0.2, 0.25) is 0 Å². The number of nitrogens with zero attached hydrogens (tertiary/aromatic N) is 2. The third kappa shape index (κ3) is 6.06. The molecule has 0 radical (unpaired) electrons. The van der Waals surface area contributed by atoms with Crippen molar-refractivity contribution in [1.82, 2.24) is 15.5 Å². The molecule has 0 fully saturated rings. The van der Waals surface area contributed by atoms with Crippen molar-refractivity contribution < 1.29 is 9.53 Å². The molecule has 0 aliphatic carbocycles. The van der Waals surface area contributed by atoms with E-state index in [1.807, 2.05) is 13.0 Å². The molecule has 0 bridgehead atoms. The van der Waals surface area contributed by atoms with Gasteiger partial charge in [-0.15, -0.1) is 10.2 Å². The number of aryl methyl sites for hydroxylation is 1. The quantitative estimate of drug-likeness (QED) is 0.716. The first-order valence-corrected chi connectivity index (χ1v) is 9.38. The SMILES string of the molecule is CCc1nnc(NC(=S)NC(=O)c2ccccc2OCCC(C)C)s1. The van der Waals surface area contributed by atoms with Crippen LogP contribution in [0.25, 0.3) is 0 Å². The van der Waals surface area contributed by atoms with Gasteiger partial charge in [0, 0.05) is 0 Å². The Hall–Kier alpha value is -2.06. The molecule has 25 heavy (non-hydrogen) atoms. The van der Waals surface area contributed by atoms with E-state index in [1.165, 1.54) is 11.3 Å². The van der Waals surface area contributed by atoms with Crippen molar-refractivity contribution in [2.45, 2.75) is 33.6 Å². The molecule has 0 aliphatic rings. The van der Waals surface area contributed by atoms with E-state index in [4.69, 9.17) is 17.0 Å². The summed E-state index contributed by atoms with van der Waals surface area (Å²) in [4.78, 5) is 12.5. The number of hydrogen-bond donors (Lipinski definition) is 2. The van der Waals surface area contributed by atoms with E-state index in [0.29, 0.717) is 29.0 Å². The van der Waals surface area contributed by atoms with Crippen molar-refractivity contribution in [3.05, 3.63) is 34.8 Å². The number of aromatic nitrogens is 2. The van der Waals surface area contributed by atoms with E-state index in [2.05, 4.69) is 34.7 Å². The zero-order chi connectivity index (χ0) is 18.2. The molecule has 2 N–H and O–H groups in total. The summed E-state index contributed by atoms with van der Waals surface area (Å²) in [5.41, 5.74) is 0.446. The molecule has 2 rings (SSSR count). The van der Waals surface area contributed by atoms with Crippen molar-refractivity contribution in [2.75, 3.05) is 11.9 Å². The minimum Gasteiger partial charge on any atom is -0.493 e. The predicted octanol–water partition coefficient (Wildman–Crippen LogP) is 3.65. The van der Waals surface area contributed by atoms with E-state index in [1.54, 1.807) is 18.2 Å². The van der Waals surface area contributed by atoms with Crippen LogP contribution in [-0.4, -0.2) is 27.8 Å². The minimum atomic E-state index is -0.321. The van der Waals surface area contributed by atoms with Gasteiger partial charge in [0.2, 0.25) is 5.13 Å². The molecule has 1 heterocycles. The Morgan fingerprint density at radius 2 is 2.08 bits per heavy atom. The van der Waals surface area contributed by atoms with E-state index in [0.717, 1.165) is 17.8 Å². The molecule has 134 valence electrons. The molecule has 2 aromatic rings. The Balaban J connectivity index is 1.96. The van der Waals surface area contributed by atoms with Crippen LogP contribution in [0.1, 0.15) is 42.6 Å². The first-order chi connectivity index (χ1) is 12.0. The van der Waals surface area contributed by atoms with Crippen LogP contribution in [0.4, 0.5) is 5.13 Å². The largest absolute Gasteiger partial charge is 0.493 e. The third-order valence-corrected chi connectivity index (χ3v) is 4.49. The highest BCUT2D eigenvalue weighted by Gasteiger charge is 2.14. The maximum Gasteiger partial charge on any atom is 0.261 e. The molecule has 1 amide bonds. The summed E-state index contributed by atoms with van der Waals surface area (Å²) < 4.78 is 5.74. The van der Waals surface area contributed by atoms with Gasteiger partial charge in [0.1, 0.15) is 10.8 Å². The second-order valence-electron chi connectivity index (χ2n) is 5.79. The molecular weight excluding hydrogens is 356 g/mol. The fourth-order valence-electron chi connectivity index (χ4n) is 1.93. The Morgan fingerprint density at radius 1 is 1.32 bits per heavy atom. The number of amides is 1. The second kappa shape index (κ2) is 9.43. The van der Waals surface area contributed by atoms with E-state index in [-0.39, 0.29) is 11.0 Å². The molecule has 0 saturated heterocycles. The highest BCUT2D eigenvalue weighted by Crippen LogP contribution is 2.19. The lowest BCUT2D eigenvalue weighted by Crippen LogP contribution is -2.34. The Kier molecular flexibility index (Phi) is 7.27. The van der Waals surface area contributed by atoms with Gasteiger partial charge in [0.15, 0.2) is 5.11 Å². The van der Waals surface area contributed by atoms with E-state index in [9.17, 15) is 4.79 Å². The number of anilines is 1. The first kappa shape index (κ1) is 19.3. The van der Waals surface area contributed by atoms with Crippen LogP contribution < -0.4 is 15.4 Å². The number of benzene rings is 1. The van der Waals surface area contributed by atoms with Crippen molar-refractivity contribution >= 4 is 39.7 Å². The highest BCUT2D eigenvalue weighted by atomic mass is 32.1. The van der Waals surface area contributed by atoms with Crippen LogP contribution in [0.3, 0.4) is 0 Å². The standard InChI is InChI=1S/C17H22N4O2S2/c1-4-14-20-21-17(25-14)19-16(24)18-15(22)12-7-5-6-8-13(12)23-10-9-11(2)3/h5-8,11H,4,9-10H2,1-3H3,(H2,18,19,21,22,24). The molecule has 1 aromatic heterocycles. The Labute approximate surface area is 157 Å². The average Bonchev–Trinajstić information content (AvgIpc) is 3.02. The maximum atomic E-state index is 12.5. The molecule has 0 aliphatic heterocycles. The van der Waals surface area contributed by atoms with Gasteiger partial charge in [-0.3, -0.25) is 10.1 Å². The number of carbonyl (C=O) groups excluding carboxylic acids is 1. The third-order valence-electron chi connectivity index (χ3n) is 3.30. The molecule has 0 atom stereocenters. The first-order valence-electron chi connectivity index (χ1n) is 8.16. The van der Waals surface area contributed by atoms with Crippen molar-refractivity contribution in [1.29, 1.82) is 0 Å². The molecular formula is C17H22N4O2S2. The summed E-state index contributed by atoms with van der Waals surface area (Å²) in [6, 6.07) is 7.12. The van der Waals surface area contributed by atoms with Gasteiger partial charge >= 0.3 is 0 Å². The van der Waals surface area contributed by atoms with Crippen molar-refractivity contribution in [3.8, 4) is 5.75 Å². The van der Waals surface area contributed by atoms with Gasteiger partial charge in [-0.25, -0.2) is 0 Å². The summed E-state index contributed by atoms with van der Waals surface area (Å²) in [5.74, 6) is 0.767. The molecule has 6 nitrogen and oxygen atoms in total. The van der Waals surface area contributed by atoms with Crippen molar-refractivity contribution in [2.24, 2.45) is 5.92 Å². The van der Waals surface area contributed by atoms with Crippen LogP contribution >= 0.6 is 23.6 Å². The monoisotopic (exact) mass is 378 g/mol. The van der Waals surface area contributed by atoms with Gasteiger partial charge < -0.3 is 10.1 Å². The molecule has 0 unspecified atom stereocenters. The lowest BCUT2D eigenvalue weighted by molar-refractivity contribution is 0.0973. The molecule has 0 saturated carbocycles. The normalized spacial score (nSPS) is 10.6. The summed E-state index contributed by atoms with van der Waals surface area (Å²) >= 11 is 6.58. The minimum absolute atomic E-state index is 0.181. The zero-order valence-corrected chi connectivity index (χ0v) is 16.2. The van der Waals surface area contributed by atoms with E-state index >= 15 is 0 Å². The number of ether oxygens (including phenoxy) is 1. The second-order valence-corrected chi connectivity index (χ2v) is 7.26. The number of rotatable bonds is 7. The molecule has 0 spiro atoms. The van der Waals surface area contributed by atoms with Gasteiger partial charge in [-0.2, -0.15) is 0 Å². The van der Waals surface area contributed by atoms with Crippen LogP contribution in [0.5, 0.6) is 5.75 Å².